The van der Waals surface area contributed by atoms with Crippen LogP contribution in [0.5, 0.6) is 0 Å². The monoisotopic (exact) mass is 131 g/mol. The van der Waals surface area contributed by atoms with Crippen molar-refractivity contribution in [3.05, 3.63) is 0 Å². The molecule has 1 fully saturated rings. The molecule has 9 heavy (non-hydrogen) atoms. The standard InChI is InChI=1S/C6H13NO2/c1-4-5(2,7)6(4,8)9-3/h4,8H,7H2,1-3H3. The minimum Gasteiger partial charge on any atom is -0.364 e. The maximum Gasteiger partial charge on any atom is 0.188 e. The number of methoxy groups -OCH3 is 1. The molecule has 3 heteroatoms. The minimum atomic E-state index is -1.08. The Morgan fingerprint density at radius 1 is 1.67 bits per heavy atom. The molecule has 0 saturated heterocycles. The summed E-state index contributed by atoms with van der Waals surface area (Å²) in [6.45, 7) is 3.64. The van der Waals surface area contributed by atoms with Gasteiger partial charge in [0, 0.05) is 13.0 Å². The molecule has 0 bridgehead atoms. The largest absolute Gasteiger partial charge is 0.364 e. The van der Waals surface area contributed by atoms with Gasteiger partial charge in [-0.05, 0) is 6.92 Å². The molecule has 3 unspecified atom stereocenters. The normalized spacial score (nSPS) is 57.7. The first-order chi connectivity index (χ1) is 3.97. The molecule has 1 aliphatic carbocycles. The van der Waals surface area contributed by atoms with Gasteiger partial charge in [0.25, 0.3) is 0 Å². The van der Waals surface area contributed by atoms with Gasteiger partial charge in [0.2, 0.25) is 0 Å². The molecular weight excluding hydrogens is 118 g/mol. The second-order valence-electron chi connectivity index (χ2n) is 2.90. The Hall–Kier alpha value is -0.120. The van der Waals surface area contributed by atoms with Gasteiger partial charge in [-0.2, -0.15) is 0 Å². The zero-order valence-electron chi connectivity index (χ0n) is 6.01. The highest BCUT2D eigenvalue weighted by molar-refractivity contribution is 5.19. The van der Waals surface area contributed by atoms with E-state index in [4.69, 9.17) is 10.5 Å². The summed E-state index contributed by atoms with van der Waals surface area (Å²) >= 11 is 0. The van der Waals surface area contributed by atoms with E-state index < -0.39 is 11.3 Å². The van der Waals surface area contributed by atoms with Crippen LogP contribution in [-0.4, -0.2) is 23.5 Å². The van der Waals surface area contributed by atoms with E-state index in [9.17, 15) is 5.11 Å². The highest BCUT2D eigenvalue weighted by Crippen LogP contribution is 2.51. The fourth-order valence-electron chi connectivity index (χ4n) is 1.20. The van der Waals surface area contributed by atoms with Gasteiger partial charge in [-0.25, -0.2) is 0 Å². The number of ether oxygens (including phenoxy) is 1. The van der Waals surface area contributed by atoms with E-state index in [-0.39, 0.29) is 5.92 Å². The van der Waals surface area contributed by atoms with Crippen LogP contribution in [0.2, 0.25) is 0 Å². The quantitative estimate of drug-likeness (QED) is 0.480. The van der Waals surface area contributed by atoms with E-state index in [1.54, 1.807) is 6.92 Å². The molecule has 1 aliphatic rings. The molecule has 1 saturated carbocycles. The highest BCUT2D eigenvalue weighted by Gasteiger charge is 2.70. The molecule has 54 valence electrons. The van der Waals surface area contributed by atoms with Gasteiger partial charge in [0.05, 0.1) is 5.54 Å². The van der Waals surface area contributed by atoms with Crippen molar-refractivity contribution in [2.24, 2.45) is 11.7 Å². The van der Waals surface area contributed by atoms with Crippen molar-refractivity contribution in [2.75, 3.05) is 7.11 Å². The van der Waals surface area contributed by atoms with Gasteiger partial charge in [-0.1, -0.05) is 6.92 Å². The van der Waals surface area contributed by atoms with Gasteiger partial charge in [0.15, 0.2) is 5.79 Å². The van der Waals surface area contributed by atoms with Crippen LogP contribution < -0.4 is 5.73 Å². The lowest BCUT2D eigenvalue weighted by Crippen LogP contribution is -2.32. The van der Waals surface area contributed by atoms with Crippen LogP contribution >= 0.6 is 0 Å². The van der Waals surface area contributed by atoms with Crippen molar-refractivity contribution in [3.8, 4) is 0 Å². The Morgan fingerprint density at radius 3 is 2.00 bits per heavy atom. The van der Waals surface area contributed by atoms with Crippen molar-refractivity contribution < 1.29 is 9.84 Å². The van der Waals surface area contributed by atoms with Crippen LogP contribution in [-0.2, 0) is 4.74 Å². The molecule has 0 heterocycles. The van der Waals surface area contributed by atoms with Crippen molar-refractivity contribution in [3.63, 3.8) is 0 Å². The zero-order valence-corrected chi connectivity index (χ0v) is 6.01. The van der Waals surface area contributed by atoms with Crippen LogP contribution in [0.25, 0.3) is 0 Å². The average molecular weight is 131 g/mol. The van der Waals surface area contributed by atoms with Crippen molar-refractivity contribution >= 4 is 0 Å². The summed E-state index contributed by atoms with van der Waals surface area (Å²) in [5.41, 5.74) is 5.07. The zero-order chi connectivity index (χ0) is 7.28. The molecule has 0 radical (unpaired) electrons. The van der Waals surface area contributed by atoms with Crippen LogP contribution in [0.3, 0.4) is 0 Å². The molecule has 3 nitrogen and oxygen atoms in total. The van der Waals surface area contributed by atoms with Crippen LogP contribution in [0.15, 0.2) is 0 Å². The van der Waals surface area contributed by atoms with E-state index in [1.165, 1.54) is 7.11 Å². The molecule has 0 aliphatic heterocycles. The maximum absolute atomic E-state index is 9.39. The minimum absolute atomic E-state index is 0.0370. The smallest absolute Gasteiger partial charge is 0.188 e. The molecule has 0 amide bonds. The number of hydrogen-bond acceptors (Lipinski definition) is 3. The lowest BCUT2D eigenvalue weighted by Gasteiger charge is -2.09. The van der Waals surface area contributed by atoms with Crippen LogP contribution in [0.4, 0.5) is 0 Å². The Kier molecular flexibility index (Phi) is 1.15. The highest BCUT2D eigenvalue weighted by atomic mass is 16.6. The molecule has 3 atom stereocenters. The Labute approximate surface area is 54.8 Å². The van der Waals surface area contributed by atoms with Gasteiger partial charge in [-0.15, -0.1) is 0 Å². The van der Waals surface area contributed by atoms with Crippen molar-refractivity contribution in [1.82, 2.24) is 0 Å². The van der Waals surface area contributed by atoms with Crippen LogP contribution in [0.1, 0.15) is 13.8 Å². The van der Waals surface area contributed by atoms with E-state index in [2.05, 4.69) is 0 Å². The number of nitrogens with two attached hydrogens (primary N) is 1. The first kappa shape index (κ1) is 6.99. The van der Waals surface area contributed by atoms with E-state index in [0.717, 1.165) is 0 Å². The van der Waals surface area contributed by atoms with Gasteiger partial charge < -0.3 is 15.6 Å². The second-order valence-corrected chi connectivity index (χ2v) is 2.90. The summed E-state index contributed by atoms with van der Waals surface area (Å²) in [5, 5.41) is 9.39. The number of hydrogen-bond donors (Lipinski definition) is 2. The first-order valence-electron chi connectivity index (χ1n) is 3.03. The fourth-order valence-corrected chi connectivity index (χ4v) is 1.20. The summed E-state index contributed by atoms with van der Waals surface area (Å²) in [7, 11) is 1.47. The summed E-state index contributed by atoms with van der Waals surface area (Å²) in [6, 6.07) is 0. The average Bonchev–Trinajstić information content (AvgIpc) is 2.16. The predicted octanol–water partition coefficient (Wildman–Crippen LogP) is -0.312. The third-order valence-corrected chi connectivity index (χ3v) is 2.49. The third-order valence-electron chi connectivity index (χ3n) is 2.49. The first-order valence-corrected chi connectivity index (χ1v) is 3.03. The Balaban J connectivity index is 2.70. The van der Waals surface area contributed by atoms with Gasteiger partial charge >= 0.3 is 0 Å². The van der Waals surface area contributed by atoms with E-state index in [1.807, 2.05) is 6.92 Å². The van der Waals surface area contributed by atoms with E-state index >= 15 is 0 Å². The molecule has 1 rings (SSSR count). The van der Waals surface area contributed by atoms with E-state index in [0.29, 0.717) is 0 Å². The third kappa shape index (κ3) is 0.569. The van der Waals surface area contributed by atoms with Gasteiger partial charge in [0.1, 0.15) is 0 Å². The molecule has 0 aromatic rings. The van der Waals surface area contributed by atoms with Crippen LogP contribution in [0, 0.1) is 5.92 Å². The maximum atomic E-state index is 9.39. The second kappa shape index (κ2) is 1.48. The van der Waals surface area contributed by atoms with Crippen molar-refractivity contribution in [1.29, 1.82) is 0 Å². The molecule has 0 aromatic heterocycles. The summed E-state index contributed by atoms with van der Waals surface area (Å²) in [5.74, 6) is -1.04. The summed E-state index contributed by atoms with van der Waals surface area (Å²) in [6.07, 6.45) is 0. The molecule has 0 aromatic carbocycles. The number of rotatable bonds is 1. The Morgan fingerprint density at radius 2 is 2.00 bits per heavy atom. The summed E-state index contributed by atoms with van der Waals surface area (Å²) in [4.78, 5) is 0. The van der Waals surface area contributed by atoms with Crippen molar-refractivity contribution in [2.45, 2.75) is 25.2 Å². The summed E-state index contributed by atoms with van der Waals surface area (Å²) < 4.78 is 4.81. The molecular formula is C6H13NO2. The van der Waals surface area contributed by atoms with Gasteiger partial charge in [-0.3, -0.25) is 0 Å². The predicted molar refractivity (Wildman–Crippen MR) is 33.7 cm³/mol. The molecule has 3 N–H and O–H groups in total. The molecule has 0 spiro atoms. The lowest BCUT2D eigenvalue weighted by molar-refractivity contribution is -0.124. The Bertz CT molecular complexity index is 135. The SMILES string of the molecule is COC1(O)C(C)C1(C)N. The number of aliphatic hydroxyl groups is 1. The topological polar surface area (TPSA) is 55.5 Å². The fraction of sp³-hybridized carbons (Fsp3) is 1.00. The lowest BCUT2D eigenvalue weighted by atomic mass is 10.3.